The number of aliphatic hydroxyl groups is 1. The lowest BCUT2D eigenvalue weighted by Crippen LogP contribution is -2.04. The molecular weight excluding hydrogens is 404 g/mol. The number of benzene rings is 1. The Balaban J connectivity index is 0.00000288. The first-order chi connectivity index (χ1) is 10.8. The molecule has 3 nitrogen and oxygen atoms in total. The van der Waals surface area contributed by atoms with Crippen LogP contribution in [0.25, 0.3) is 0 Å². The zero-order valence-corrected chi connectivity index (χ0v) is 15.5. The molecule has 0 aliphatic carbocycles. The maximum atomic E-state index is 12.8. The van der Waals surface area contributed by atoms with E-state index in [2.05, 4.69) is 4.98 Å². The Hall–Kier alpha value is -0.670. The second kappa shape index (κ2) is 9.15. The number of unbranched alkanes of at least 4 members (excludes halogenated alkanes) is 1. The summed E-state index contributed by atoms with van der Waals surface area (Å²) in [5.41, 5.74) is 4.95. The van der Waals surface area contributed by atoms with Crippen molar-refractivity contribution in [3.8, 4) is 0 Å². The third kappa shape index (κ3) is 5.70. The number of thiazole rings is 1. The molecule has 0 radical (unpaired) electrons. The summed E-state index contributed by atoms with van der Waals surface area (Å²) in [6.07, 6.45) is -2.37. The van der Waals surface area contributed by atoms with Gasteiger partial charge in [-0.05, 0) is 37.5 Å². The molecule has 0 aliphatic heterocycles. The number of alkyl halides is 3. The van der Waals surface area contributed by atoms with Crippen LogP contribution in [0, 0.1) is 0 Å². The van der Waals surface area contributed by atoms with Crippen LogP contribution >= 0.6 is 47.1 Å². The standard InChI is InChI=1S/C14H14ClF3N2OS2.ClH/c15-9-5-4-8(14(16,17)18)7-11(9)22-12-10(3-1-2-6-21)23-13(19)20-12;/h4-5,7,21H,1-3,6H2,(H2,19,20);1H. The average molecular weight is 419 g/mol. The second-order valence-corrected chi connectivity index (χ2v) is 7.26. The first kappa shape index (κ1) is 21.4. The molecule has 0 fully saturated rings. The van der Waals surface area contributed by atoms with Crippen molar-refractivity contribution in [3.63, 3.8) is 0 Å². The molecular formula is C14H15Cl2F3N2OS2. The maximum Gasteiger partial charge on any atom is 0.416 e. The molecule has 1 aromatic heterocycles. The highest BCUT2D eigenvalue weighted by atomic mass is 35.5. The summed E-state index contributed by atoms with van der Waals surface area (Å²) in [4.78, 5) is 5.35. The van der Waals surface area contributed by atoms with Gasteiger partial charge in [-0.2, -0.15) is 13.2 Å². The molecule has 0 aliphatic rings. The first-order valence-electron chi connectivity index (χ1n) is 6.72. The number of aliphatic hydroxyl groups excluding tert-OH is 1. The van der Waals surface area contributed by atoms with E-state index in [-0.39, 0.29) is 28.9 Å². The van der Waals surface area contributed by atoms with E-state index >= 15 is 0 Å². The Morgan fingerprint density at radius 2 is 2.00 bits per heavy atom. The molecule has 0 bridgehead atoms. The minimum atomic E-state index is -4.43. The van der Waals surface area contributed by atoms with Crippen LogP contribution in [0.15, 0.2) is 28.1 Å². The van der Waals surface area contributed by atoms with Crippen LogP contribution in [-0.2, 0) is 12.6 Å². The van der Waals surface area contributed by atoms with Crippen LogP contribution in [0.5, 0.6) is 0 Å². The Kier molecular flexibility index (Phi) is 8.14. The van der Waals surface area contributed by atoms with Gasteiger partial charge in [-0.1, -0.05) is 23.4 Å². The minimum Gasteiger partial charge on any atom is -0.396 e. The van der Waals surface area contributed by atoms with Crippen LogP contribution < -0.4 is 5.73 Å². The van der Waals surface area contributed by atoms with E-state index in [4.69, 9.17) is 22.4 Å². The Morgan fingerprint density at radius 3 is 2.62 bits per heavy atom. The molecule has 0 atom stereocenters. The highest BCUT2D eigenvalue weighted by molar-refractivity contribution is 7.99. The molecule has 2 rings (SSSR count). The van der Waals surface area contributed by atoms with Crippen LogP contribution in [0.1, 0.15) is 23.3 Å². The lowest BCUT2D eigenvalue weighted by atomic mass is 10.2. The van der Waals surface area contributed by atoms with E-state index in [1.807, 2.05) is 0 Å². The van der Waals surface area contributed by atoms with E-state index in [1.165, 1.54) is 17.4 Å². The number of halogens is 5. The largest absolute Gasteiger partial charge is 0.416 e. The van der Waals surface area contributed by atoms with E-state index in [9.17, 15) is 13.2 Å². The van der Waals surface area contributed by atoms with E-state index in [0.29, 0.717) is 23.0 Å². The smallest absolute Gasteiger partial charge is 0.396 e. The van der Waals surface area contributed by atoms with Crippen molar-refractivity contribution in [1.82, 2.24) is 4.98 Å². The minimum absolute atomic E-state index is 0. The zero-order valence-electron chi connectivity index (χ0n) is 12.3. The van der Waals surface area contributed by atoms with Crippen LogP contribution in [0.2, 0.25) is 5.02 Å². The van der Waals surface area contributed by atoms with Gasteiger partial charge in [-0.25, -0.2) is 4.98 Å². The Bertz CT molecular complexity index is 681. The predicted octanol–water partition coefficient (Wildman–Crippen LogP) is 5.29. The van der Waals surface area contributed by atoms with Gasteiger partial charge in [0.25, 0.3) is 0 Å². The van der Waals surface area contributed by atoms with Gasteiger partial charge in [-0.15, -0.1) is 23.7 Å². The fourth-order valence-electron chi connectivity index (χ4n) is 1.85. The Labute approximate surface area is 156 Å². The summed E-state index contributed by atoms with van der Waals surface area (Å²) < 4.78 is 38.5. The highest BCUT2D eigenvalue weighted by Crippen LogP contribution is 2.40. The first-order valence-corrected chi connectivity index (χ1v) is 8.73. The quantitative estimate of drug-likeness (QED) is 0.625. The molecule has 0 amide bonds. The van der Waals surface area contributed by atoms with Crippen LogP contribution in [0.4, 0.5) is 18.3 Å². The molecule has 10 heteroatoms. The molecule has 0 saturated carbocycles. The van der Waals surface area contributed by atoms with E-state index in [1.54, 1.807) is 0 Å². The van der Waals surface area contributed by atoms with Crippen molar-refractivity contribution >= 4 is 52.2 Å². The van der Waals surface area contributed by atoms with Gasteiger partial charge < -0.3 is 10.8 Å². The van der Waals surface area contributed by atoms with Crippen molar-refractivity contribution < 1.29 is 18.3 Å². The van der Waals surface area contributed by atoms with E-state index in [0.717, 1.165) is 35.2 Å². The summed E-state index contributed by atoms with van der Waals surface area (Å²) >= 11 is 8.38. The van der Waals surface area contributed by atoms with Gasteiger partial charge in [-0.3, -0.25) is 0 Å². The van der Waals surface area contributed by atoms with Gasteiger partial charge in [0.05, 0.1) is 10.6 Å². The SMILES string of the molecule is Cl.Nc1nc(Sc2cc(C(F)(F)F)ccc2Cl)c(CCCCO)s1. The van der Waals surface area contributed by atoms with Gasteiger partial charge in [0.1, 0.15) is 5.03 Å². The van der Waals surface area contributed by atoms with Gasteiger partial charge in [0.15, 0.2) is 5.13 Å². The average Bonchev–Trinajstić information content (AvgIpc) is 2.80. The number of nitrogens with two attached hydrogens (primary N) is 1. The van der Waals surface area contributed by atoms with Crippen molar-refractivity contribution in [3.05, 3.63) is 33.7 Å². The molecule has 24 heavy (non-hydrogen) atoms. The van der Waals surface area contributed by atoms with Crippen LogP contribution in [0.3, 0.4) is 0 Å². The van der Waals surface area contributed by atoms with Crippen molar-refractivity contribution in [1.29, 1.82) is 0 Å². The summed E-state index contributed by atoms with van der Waals surface area (Å²) in [6.45, 7) is 0.0935. The zero-order chi connectivity index (χ0) is 17.0. The van der Waals surface area contributed by atoms with Gasteiger partial charge in [0, 0.05) is 16.4 Å². The normalized spacial score (nSPS) is 11.4. The molecule has 0 unspecified atom stereocenters. The maximum absolute atomic E-state index is 12.8. The van der Waals surface area contributed by atoms with Gasteiger partial charge >= 0.3 is 6.18 Å². The number of anilines is 1. The van der Waals surface area contributed by atoms with Crippen molar-refractivity contribution in [2.75, 3.05) is 12.3 Å². The molecule has 2 aromatic rings. The van der Waals surface area contributed by atoms with Crippen LogP contribution in [-0.4, -0.2) is 16.7 Å². The van der Waals surface area contributed by atoms with Crippen molar-refractivity contribution in [2.24, 2.45) is 0 Å². The topological polar surface area (TPSA) is 59.1 Å². The number of nitrogen functional groups attached to an aromatic ring is 1. The summed E-state index contributed by atoms with van der Waals surface area (Å²) in [6, 6.07) is 3.19. The summed E-state index contributed by atoms with van der Waals surface area (Å²) in [5.74, 6) is 0. The molecule has 0 spiro atoms. The number of rotatable bonds is 6. The lowest BCUT2D eigenvalue weighted by Gasteiger charge is -2.10. The number of hydrogen-bond donors (Lipinski definition) is 2. The molecule has 0 saturated heterocycles. The molecule has 134 valence electrons. The van der Waals surface area contributed by atoms with Gasteiger partial charge in [0.2, 0.25) is 0 Å². The molecule has 1 heterocycles. The third-order valence-electron chi connectivity index (χ3n) is 2.96. The predicted molar refractivity (Wildman–Crippen MR) is 94.4 cm³/mol. The van der Waals surface area contributed by atoms with Crippen molar-refractivity contribution in [2.45, 2.75) is 35.4 Å². The molecule has 3 N–H and O–H groups in total. The summed E-state index contributed by atoms with van der Waals surface area (Å²) in [5, 5.41) is 9.98. The number of aryl methyl sites for hydroxylation is 1. The fraction of sp³-hybridized carbons (Fsp3) is 0.357. The highest BCUT2D eigenvalue weighted by Gasteiger charge is 2.31. The lowest BCUT2D eigenvalue weighted by molar-refractivity contribution is -0.137. The number of nitrogens with zero attached hydrogens (tertiary/aromatic N) is 1. The number of aromatic nitrogens is 1. The second-order valence-electron chi connectivity index (χ2n) is 4.71. The fourth-order valence-corrected chi connectivity index (χ4v) is 4.08. The Morgan fingerprint density at radius 1 is 1.29 bits per heavy atom. The monoisotopic (exact) mass is 418 g/mol. The summed E-state index contributed by atoms with van der Waals surface area (Å²) in [7, 11) is 0. The molecule has 1 aromatic carbocycles. The third-order valence-corrected chi connectivity index (χ3v) is 5.56. The van der Waals surface area contributed by atoms with E-state index < -0.39 is 11.7 Å². The number of hydrogen-bond acceptors (Lipinski definition) is 5.